The number of aliphatic hydroxyl groups is 1. The summed E-state index contributed by atoms with van der Waals surface area (Å²) in [5.74, 6) is 0. The van der Waals surface area contributed by atoms with Crippen molar-refractivity contribution in [2.45, 2.75) is 18.4 Å². The van der Waals surface area contributed by atoms with Crippen molar-refractivity contribution in [3.8, 4) is 0 Å². The number of aryl methyl sites for hydroxylation is 1. The first kappa shape index (κ1) is 14.4. The zero-order chi connectivity index (χ0) is 14.0. The molecule has 0 atom stereocenters. The minimum absolute atomic E-state index is 0.0896. The molecule has 0 fully saturated rings. The van der Waals surface area contributed by atoms with Crippen LogP contribution >= 0.6 is 27.3 Å². The Bertz CT molecular complexity index is 684. The van der Waals surface area contributed by atoms with Crippen molar-refractivity contribution in [3.63, 3.8) is 0 Å². The lowest BCUT2D eigenvalue weighted by Gasteiger charge is -2.11. The summed E-state index contributed by atoms with van der Waals surface area (Å²) in [4.78, 5) is 3.97. The molecule has 8 heteroatoms. The van der Waals surface area contributed by atoms with Gasteiger partial charge in [-0.2, -0.15) is 0 Å². The highest BCUT2D eigenvalue weighted by atomic mass is 79.9. The fourth-order valence-electron chi connectivity index (χ4n) is 1.54. The fraction of sp³-hybridized carbons (Fsp3) is 0.182. The van der Waals surface area contributed by atoms with Gasteiger partial charge in [0.25, 0.3) is 10.0 Å². The van der Waals surface area contributed by atoms with Gasteiger partial charge in [-0.15, -0.1) is 11.3 Å². The van der Waals surface area contributed by atoms with E-state index in [2.05, 4.69) is 25.6 Å². The monoisotopic (exact) mass is 362 g/mol. The van der Waals surface area contributed by atoms with E-state index in [1.54, 1.807) is 18.4 Å². The summed E-state index contributed by atoms with van der Waals surface area (Å²) in [5, 5.41) is 11.1. The van der Waals surface area contributed by atoms with Crippen LogP contribution in [0, 0.1) is 6.92 Å². The molecule has 1 heterocycles. The number of nitrogens with zero attached hydrogens (tertiary/aromatic N) is 1. The van der Waals surface area contributed by atoms with E-state index in [9.17, 15) is 8.42 Å². The number of rotatable bonds is 4. The second-order valence-electron chi connectivity index (χ2n) is 3.83. The van der Waals surface area contributed by atoms with E-state index in [4.69, 9.17) is 5.11 Å². The van der Waals surface area contributed by atoms with E-state index in [1.807, 2.05) is 0 Å². The molecule has 102 valence electrons. The van der Waals surface area contributed by atoms with Gasteiger partial charge in [0.05, 0.1) is 6.61 Å². The normalized spacial score (nSPS) is 11.5. The van der Waals surface area contributed by atoms with Crippen LogP contribution in [0.3, 0.4) is 0 Å². The van der Waals surface area contributed by atoms with Crippen molar-refractivity contribution < 1.29 is 13.5 Å². The zero-order valence-electron chi connectivity index (χ0n) is 9.92. The van der Waals surface area contributed by atoms with Crippen LogP contribution in [0.25, 0.3) is 0 Å². The Balaban J connectivity index is 2.48. The predicted octanol–water partition coefficient (Wildman–Crippen LogP) is 2.51. The Morgan fingerprint density at radius 1 is 1.47 bits per heavy atom. The van der Waals surface area contributed by atoms with Gasteiger partial charge in [-0.1, -0.05) is 6.07 Å². The van der Waals surface area contributed by atoms with Crippen LogP contribution in [0.15, 0.2) is 33.1 Å². The molecule has 0 spiro atoms. The topological polar surface area (TPSA) is 79.3 Å². The van der Waals surface area contributed by atoms with Gasteiger partial charge in [-0.05, 0) is 40.0 Å². The molecule has 1 aromatic carbocycles. The van der Waals surface area contributed by atoms with Crippen LogP contribution in [0.1, 0.15) is 11.1 Å². The van der Waals surface area contributed by atoms with Gasteiger partial charge in [-0.25, -0.2) is 13.4 Å². The number of nitrogens with one attached hydrogen (secondary N) is 1. The lowest BCUT2D eigenvalue weighted by atomic mass is 10.1. The second-order valence-corrected chi connectivity index (χ2v) is 7.16. The molecule has 0 aliphatic carbocycles. The average molecular weight is 363 g/mol. The SMILES string of the molecule is Cc1cc(CO)cc(S(=O)(=O)Nc2nccs2)c1Br. The Morgan fingerprint density at radius 2 is 2.21 bits per heavy atom. The van der Waals surface area contributed by atoms with Gasteiger partial charge in [0.1, 0.15) is 4.90 Å². The molecule has 0 saturated heterocycles. The lowest BCUT2D eigenvalue weighted by Crippen LogP contribution is -2.14. The van der Waals surface area contributed by atoms with Crippen molar-refractivity contribution in [1.29, 1.82) is 0 Å². The average Bonchev–Trinajstić information content (AvgIpc) is 2.84. The maximum atomic E-state index is 12.3. The van der Waals surface area contributed by atoms with Crippen LogP contribution in [0.2, 0.25) is 0 Å². The van der Waals surface area contributed by atoms with E-state index in [0.29, 0.717) is 15.2 Å². The third-order valence-corrected chi connectivity index (χ3v) is 5.90. The first-order chi connectivity index (χ1) is 8.94. The fourth-order valence-corrected chi connectivity index (χ4v) is 4.40. The highest BCUT2D eigenvalue weighted by Crippen LogP contribution is 2.29. The maximum absolute atomic E-state index is 12.3. The van der Waals surface area contributed by atoms with Gasteiger partial charge in [0.15, 0.2) is 5.13 Å². The molecule has 0 aliphatic heterocycles. The molecule has 19 heavy (non-hydrogen) atoms. The molecule has 0 radical (unpaired) electrons. The third kappa shape index (κ3) is 3.14. The van der Waals surface area contributed by atoms with E-state index in [1.165, 1.54) is 23.6 Å². The Labute approximate surface area is 123 Å². The van der Waals surface area contributed by atoms with Crippen molar-refractivity contribution in [2.75, 3.05) is 4.72 Å². The van der Waals surface area contributed by atoms with Gasteiger partial charge >= 0.3 is 0 Å². The Hall–Kier alpha value is -0.960. The minimum atomic E-state index is -3.73. The number of halogens is 1. The molecule has 0 unspecified atom stereocenters. The molecule has 0 bridgehead atoms. The molecule has 5 nitrogen and oxygen atoms in total. The quantitative estimate of drug-likeness (QED) is 0.875. The van der Waals surface area contributed by atoms with Crippen LogP contribution in [-0.2, 0) is 16.6 Å². The second kappa shape index (κ2) is 5.58. The summed E-state index contributed by atoms with van der Waals surface area (Å²) in [6.07, 6.45) is 1.52. The number of anilines is 1. The molecule has 1 aromatic heterocycles. The summed E-state index contributed by atoms with van der Waals surface area (Å²) in [5.41, 5.74) is 1.28. The number of aromatic nitrogens is 1. The van der Waals surface area contributed by atoms with E-state index in [0.717, 1.165) is 5.56 Å². The maximum Gasteiger partial charge on any atom is 0.264 e. The highest BCUT2D eigenvalue weighted by molar-refractivity contribution is 9.10. The van der Waals surface area contributed by atoms with Crippen molar-refractivity contribution in [2.24, 2.45) is 0 Å². The van der Waals surface area contributed by atoms with Crippen molar-refractivity contribution >= 4 is 42.4 Å². The van der Waals surface area contributed by atoms with Crippen LogP contribution in [0.4, 0.5) is 5.13 Å². The van der Waals surface area contributed by atoms with E-state index < -0.39 is 10.0 Å². The molecule has 0 aliphatic rings. The molecular formula is C11H11BrN2O3S2. The first-order valence-corrected chi connectivity index (χ1v) is 8.42. The number of benzene rings is 1. The summed E-state index contributed by atoms with van der Waals surface area (Å²) < 4.78 is 27.5. The molecule has 2 N–H and O–H groups in total. The zero-order valence-corrected chi connectivity index (χ0v) is 13.1. The van der Waals surface area contributed by atoms with Gasteiger partial charge < -0.3 is 5.11 Å². The minimum Gasteiger partial charge on any atom is -0.392 e. The number of sulfonamides is 1. The molecule has 2 aromatic rings. The van der Waals surface area contributed by atoms with Crippen molar-refractivity contribution in [3.05, 3.63) is 39.3 Å². The molecule has 2 rings (SSSR count). The molecule has 0 saturated carbocycles. The van der Waals surface area contributed by atoms with Crippen LogP contribution in [0.5, 0.6) is 0 Å². The molecular weight excluding hydrogens is 352 g/mol. The van der Waals surface area contributed by atoms with Gasteiger partial charge in [0, 0.05) is 16.0 Å². The Kier molecular flexibility index (Phi) is 4.24. The van der Waals surface area contributed by atoms with Crippen LogP contribution < -0.4 is 4.72 Å². The summed E-state index contributed by atoms with van der Waals surface area (Å²) in [6.45, 7) is 1.56. The number of hydrogen-bond donors (Lipinski definition) is 2. The number of thiazole rings is 1. The van der Waals surface area contributed by atoms with Crippen LogP contribution in [-0.4, -0.2) is 18.5 Å². The van der Waals surface area contributed by atoms with Crippen molar-refractivity contribution in [1.82, 2.24) is 4.98 Å². The highest BCUT2D eigenvalue weighted by Gasteiger charge is 2.20. The van der Waals surface area contributed by atoms with E-state index >= 15 is 0 Å². The largest absolute Gasteiger partial charge is 0.392 e. The standard InChI is InChI=1S/C11H11BrN2O3S2/c1-7-4-8(6-15)5-9(10(7)12)19(16,17)14-11-13-2-3-18-11/h2-5,15H,6H2,1H3,(H,13,14). The Morgan fingerprint density at radius 3 is 2.79 bits per heavy atom. The summed E-state index contributed by atoms with van der Waals surface area (Å²) >= 11 is 4.46. The first-order valence-electron chi connectivity index (χ1n) is 5.26. The van der Waals surface area contributed by atoms with Gasteiger partial charge in [0.2, 0.25) is 0 Å². The predicted molar refractivity (Wildman–Crippen MR) is 77.7 cm³/mol. The number of hydrogen-bond acceptors (Lipinski definition) is 5. The van der Waals surface area contributed by atoms with E-state index in [-0.39, 0.29) is 11.5 Å². The lowest BCUT2D eigenvalue weighted by molar-refractivity contribution is 0.281. The summed E-state index contributed by atoms with van der Waals surface area (Å²) in [7, 11) is -3.73. The number of aliphatic hydroxyl groups excluding tert-OH is 1. The third-order valence-electron chi connectivity index (χ3n) is 2.41. The summed E-state index contributed by atoms with van der Waals surface area (Å²) in [6, 6.07) is 3.17. The van der Waals surface area contributed by atoms with Gasteiger partial charge in [-0.3, -0.25) is 4.72 Å². The molecule has 0 amide bonds. The smallest absolute Gasteiger partial charge is 0.264 e.